The number of aliphatic imine (C=N–C) groups is 2. The molecule has 9 nitrogen and oxygen atoms in total. The number of aromatic hydroxyl groups is 2. The molecule has 0 heterocycles. The maximum atomic E-state index is 12.4. The topological polar surface area (TPSA) is 127 Å². The zero-order valence-electron chi connectivity index (χ0n) is 24.4. The summed E-state index contributed by atoms with van der Waals surface area (Å²) in [6, 6.07) is 14.0. The lowest BCUT2D eigenvalue weighted by molar-refractivity contribution is -0.121. The van der Waals surface area contributed by atoms with E-state index in [0.29, 0.717) is 63.2 Å². The second kappa shape index (κ2) is 21.1. The average Bonchev–Trinajstić information content (AvgIpc) is 2.97. The summed E-state index contributed by atoms with van der Waals surface area (Å²) in [5.74, 6) is 0.277. The molecule has 0 radical (unpaired) electrons. The first-order chi connectivity index (χ1) is 20.0. The van der Waals surface area contributed by atoms with Crippen molar-refractivity contribution in [2.24, 2.45) is 9.98 Å². The first kappa shape index (κ1) is 33.5. The molecule has 0 spiro atoms. The Balaban J connectivity index is 1.69. The van der Waals surface area contributed by atoms with Crippen molar-refractivity contribution in [1.29, 1.82) is 0 Å². The quantitative estimate of drug-likeness (QED) is 0.133. The second-order valence-corrected chi connectivity index (χ2v) is 10.00. The Morgan fingerprint density at radius 2 is 1.17 bits per heavy atom. The van der Waals surface area contributed by atoms with Crippen molar-refractivity contribution < 1.29 is 19.8 Å². The molecule has 2 aromatic carbocycles. The predicted octanol–water partition coefficient (Wildman–Crippen LogP) is 4.31. The van der Waals surface area contributed by atoms with E-state index in [0.717, 1.165) is 19.4 Å². The summed E-state index contributed by atoms with van der Waals surface area (Å²) in [6.07, 6.45) is 11.1. The molecule has 224 valence electrons. The lowest BCUT2D eigenvalue weighted by atomic mass is 10.1. The van der Waals surface area contributed by atoms with E-state index in [4.69, 9.17) is 0 Å². The molecule has 41 heavy (non-hydrogen) atoms. The number of carbonyl (C=O) groups is 2. The molecule has 0 fully saturated rings. The van der Waals surface area contributed by atoms with Crippen LogP contribution in [0.3, 0.4) is 0 Å². The summed E-state index contributed by atoms with van der Waals surface area (Å²) in [5.41, 5.74) is 1.29. The fraction of sp³-hybridized carbons (Fsp3) is 0.500. The highest BCUT2D eigenvalue weighted by atomic mass is 16.3. The van der Waals surface area contributed by atoms with Gasteiger partial charge < -0.3 is 25.7 Å². The van der Waals surface area contributed by atoms with Crippen molar-refractivity contribution >= 4 is 24.2 Å². The molecule has 0 unspecified atom stereocenters. The van der Waals surface area contributed by atoms with Crippen molar-refractivity contribution in [3.63, 3.8) is 0 Å². The van der Waals surface area contributed by atoms with Crippen LogP contribution in [0.25, 0.3) is 0 Å². The number of para-hydroxylation sites is 2. The number of hydrogen-bond donors (Lipinski definition) is 4. The number of carbonyl (C=O) groups excluding carboxylic acids is 2. The molecule has 2 aromatic rings. The number of benzene rings is 2. The number of hydrogen-bond acceptors (Lipinski definition) is 7. The van der Waals surface area contributed by atoms with Crippen LogP contribution in [0, 0.1) is 0 Å². The number of phenols is 2. The van der Waals surface area contributed by atoms with Gasteiger partial charge in [0, 0.05) is 62.6 Å². The highest BCUT2D eigenvalue weighted by Gasteiger charge is 2.11. The van der Waals surface area contributed by atoms with Crippen molar-refractivity contribution in [2.75, 3.05) is 45.8 Å². The molecule has 0 saturated carbocycles. The van der Waals surface area contributed by atoms with Crippen LogP contribution >= 0.6 is 0 Å². The summed E-state index contributed by atoms with van der Waals surface area (Å²) in [5, 5.41) is 25.4. The summed E-state index contributed by atoms with van der Waals surface area (Å²) in [6.45, 7) is 5.97. The van der Waals surface area contributed by atoms with Crippen molar-refractivity contribution in [2.45, 2.75) is 58.3 Å². The van der Waals surface area contributed by atoms with Gasteiger partial charge in [-0.15, -0.1) is 0 Å². The lowest BCUT2D eigenvalue weighted by Crippen LogP contribution is -2.35. The van der Waals surface area contributed by atoms with Gasteiger partial charge in [0.15, 0.2) is 0 Å². The molecule has 9 heteroatoms. The third kappa shape index (κ3) is 15.6. The normalized spacial score (nSPS) is 11.5. The molecule has 0 aliphatic rings. The molecule has 2 rings (SSSR count). The fourth-order valence-corrected chi connectivity index (χ4v) is 4.19. The first-order valence-electron chi connectivity index (χ1n) is 14.8. The molecule has 0 bridgehead atoms. The van der Waals surface area contributed by atoms with Gasteiger partial charge in [-0.25, -0.2) is 0 Å². The van der Waals surface area contributed by atoms with E-state index in [9.17, 15) is 19.8 Å². The van der Waals surface area contributed by atoms with E-state index in [1.165, 1.54) is 25.7 Å². The summed E-state index contributed by atoms with van der Waals surface area (Å²) >= 11 is 0. The smallest absolute Gasteiger partial charge is 0.221 e. The Morgan fingerprint density at radius 3 is 1.66 bits per heavy atom. The number of unbranched alkanes of at least 4 members (excludes halogenated alkanes) is 5. The van der Waals surface area contributed by atoms with Gasteiger partial charge in [0.2, 0.25) is 11.8 Å². The van der Waals surface area contributed by atoms with Gasteiger partial charge >= 0.3 is 0 Å². The molecule has 0 saturated heterocycles. The number of phenolic OH excluding ortho intramolecular Hbond substituents is 2. The minimum atomic E-state index is -0.0394. The maximum absolute atomic E-state index is 12.4. The van der Waals surface area contributed by atoms with Gasteiger partial charge in [-0.1, -0.05) is 63.3 Å². The average molecular weight is 566 g/mol. The third-order valence-electron chi connectivity index (χ3n) is 6.60. The number of rotatable bonds is 21. The predicted molar refractivity (Wildman–Crippen MR) is 166 cm³/mol. The number of amides is 2. The zero-order valence-corrected chi connectivity index (χ0v) is 24.4. The van der Waals surface area contributed by atoms with Gasteiger partial charge in [-0.3, -0.25) is 19.6 Å². The second-order valence-electron chi connectivity index (χ2n) is 10.00. The van der Waals surface area contributed by atoms with Crippen LogP contribution in [-0.4, -0.2) is 85.2 Å². The molecule has 0 aliphatic carbocycles. The molecular weight excluding hydrogens is 518 g/mol. The van der Waals surface area contributed by atoms with Crippen LogP contribution in [0.5, 0.6) is 11.5 Å². The monoisotopic (exact) mass is 565 g/mol. The maximum Gasteiger partial charge on any atom is 0.221 e. The van der Waals surface area contributed by atoms with Gasteiger partial charge in [-0.05, 0) is 37.2 Å². The minimum absolute atomic E-state index is 0.0394. The lowest BCUT2D eigenvalue weighted by Gasteiger charge is -2.22. The third-order valence-corrected chi connectivity index (χ3v) is 6.60. The Hall–Kier alpha value is -3.72. The Bertz CT molecular complexity index is 1010. The van der Waals surface area contributed by atoms with E-state index < -0.39 is 0 Å². The van der Waals surface area contributed by atoms with Crippen molar-refractivity contribution in [3.8, 4) is 11.5 Å². The largest absolute Gasteiger partial charge is 0.507 e. The van der Waals surface area contributed by atoms with E-state index in [2.05, 4.69) is 32.4 Å². The fourth-order valence-electron chi connectivity index (χ4n) is 4.19. The zero-order chi connectivity index (χ0) is 29.5. The first-order valence-corrected chi connectivity index (χ1v) is 14.8. The Morgan fingerprint density at radius 1 is 0.707 bits per heavy atom. The van der Waals surface area contributed by atoms with Gasteiger partial charge in [0.05, 0.1) is 13.1 Å². The summed E-state index contributed by atoms with van der Waals surface area (Å²) in [4.78, 5) is 35.6. The van der Waals surface area contributed by atoms with E-state index in [1.54, 1.807) is 48.8 Å². The SMILES string of the molecule is CCCCCCCCN(CCC(=O)NCCN=Cc1ccccc1O)CCC(=O)NCCN=Cc1ccccc1O. The van der Waals surface area contributed by atoms with E-state index in [-0.39, 0.29) is 23.3 Å². The van der Waals surface area contributed by atoms with Crippen LogP contribution in [-0.2, 0) is 9.59 Å². The standard InChI is InChI=1S/C32H47N5O4/c1-2-3-4-5-6-11-22-37(23-16-31(40)35-20-18-33-25-27-12-7-9-14-29(27)38)24-17-32(41)36-21-19-34-26-28-13-8-10-15-30(28)39/h7-10,12-15,25-26,38-39H,2-6,11,16-24H2,1H3,(H,35,40)(H,36,41). The Kier molecular flexibility index (Phi) is 17.2. The van der Waals surface area contributed by atoms with Crippen molar-refractivity contribution in [1.82, 2.24) is 15.5 Å². The van der Waals surface area contributed by atoms with E-state index >= 15 is 0 Å². The van der Waals surface area contributed by atoms with Crippen LogP contribution in [0.15, 0.2) is 58.5 Å². The molecule has 4 N–H and O–H groups in total. The van der Waals surface area contributed by atoms with Gasteiger partial charge in [0.25, 0.3) is 0 Å². The summed E-state index contributed by atoms with van der Waals surface area (Å²) in [7, 11) is 0. The number of nitrogens with one attached hydrogen (secondary N) is 2. The minimum Gasteiger partial charge on any atom is -0.507 e. The van der Waals surface area contributed by atoms with Crippen molar-refractivity contribution in [3.05, 3.63) is 59.7 Å². The summed E-state index contributed by atoms with van der Waals surface area (Å²) < 4.78 is 0. The molecular formula is C32H47N5O4. The van der Waals surface area contributed by atoms with Crippen LogP contribution in [0.4, 0.5) is 0 Å². The highest BCUT2D eigenvalue weighted by molar-refractivity contribution is 5.83. The molecule has 2 amide bonds. The van der Waals surface area contributed by atoms with Crippen LogP contribution in [0.2, 0.25) is 0 Å². The van der Waals surface area contributed by atoms with Gasteiger partial charge in [0.1, 0.15) is 11.5 Å². The van der Waals surface area contributed by atoms with Gasteiger partial charge in [-0.2, -0.15) is 0 Å². The van der Waals surface area contributed by atoms with Crippen LogP contribution in [0.1, 0.15) is 69.4 Å². The van der Waals surface area contributed by atoms with E-state index in [1.807, 2.05) is 12.1 Å². The Labute approximate surface area is 244 Å². The molecule has 0 atom stereocenters. The van der Waals surface area contributed by atoms with Crippen LogP contribution < -0.4 is 10.6 Å². The molecule has 0 aromatic heterocycles. The molecule has 0 aliphatic heterocycles. The highest BCUT2D eigenvalue weighted by Crippen LogP contribution is 2.13. The number of nitrogens with zero attached hydrogens (tertiary/aromatic N) is 3.